The fraction of sp³-hybridized carbons (Fsp3) is 0.211. The number of methoxy groups -OCH3 is 1. The van der Waals surface area contributed by atoms with Crippen LogP contribution in [0.5, 0.6) is 0 Å². The molecule has 0 fully saturated rings. The topological polar surface area (TPSA) is 68.3 Å². The molecule has 0 saturated carbocycles. The first-order valence-electron chi connectivity index (χ1n) is 8.00. The van der Waals surface area contributed by atoms with Gasteiger partial charge in [0.05, 0.1) is 22.9 Å². The van der Waals surface area contributed by atoms with E-state index in [-0.39, 0.29) is 11.9 Å². The molecule has 0 aliphatic heterocycles. The molecule has 1 atom stereocenters. The third-order valence-corrected chi connectivity index (χ3v) is 5.90. The number of rotatable bonds is 5. The quantitative estimate of drug-likeness (QED) is 0.516. The molecule has 3 aromatic rings. The molecule has 2 aromatic carbocycles. The number of fused-ring (bicyclic) bond motifs is 1. The minimum Gasteiger partial charge on any atom is -0.468 e. The molecule has 26 heavy (non-hydrogen) atoms. The minimum absolute atomic E-state index is 0.248. The van der Waals surface area contributed by atoms with Gasteiger partial charge >= 0.3 is 5.97 Å². The summed E-state index contributed by atoms with van der Waals surface area (Å²) >= 11 is 2.74. The van der Waals surface area contributed by atoms with Crippen molar-refractivity contribution in [1.29, 1.82) is 0 Å². The van der Waals surface area contributed by atoms with Crippen LogP contribution in [0.15, 0.2) is 47.4 Å². The number of nitrogens with zero attached hydrogens (tertiary/aromatic N) is 1. The number of benzene rings is 2. The van der Waals surface area contributed by atoms with Crippen molar-refractivity contribution in [1.82, 2.24) is 4.98 Å². The largest absolute Gasteiger partial charge is 0.468 e. The summed E-state index contributed by atoms with van der Waals surface area (Å²) in [5, 5.41) is 3.02. The maximum absolute atomic E-state index is 12.7. The number of nitrogens with one attached hydrogen (secondary N) is 1. The summed E-state index contributed by atoms with van der Waals surface area (Å²) in [4.78, 5) is 29.6. The van der Waals surface area contributed by atoms with Crippen LogP contribution in [0.1, 0.15) is 22.8 Å². The maximum atomic E-state index is 12.7. The Bertz CT molecular complexity index is 968. The molecule has 0 bridgehead atoms. The van der Waals surface area contributed by atoms with E-state index >= 15 is 0 Å². The first-order chi connectivity index (χ1) is 12.5. The SMILES string of the molecule is COC(=O)C(C)Sc1ccccc1C(=O)Nc1nc2c(C)cccc2s1. The van der Waals surface area contributed by atoms with Gasteiger partial charge in [0.2, 0.25) is 0 Å². The molecule has 1 unspecified atom stereocenters. The van der Waals surface area contributed by atoms with Crippen LogP contribution < -0.4 is 5.32 Å². The number of carbonyl (C=O) groups is 2. The summed E-state index contributed by atoms with van der Waals surface area (Å²) in [7, 11) is 1.35. The van der Waals surface area contributed by atoms with Crippen LogP contribution in [0, 0.1) is 6.92 Å². The minimum atomic E-state index is -0.404. The number of hydrogen-bond donors (Lipinski definition) is 1. The van der Waals surface area contributed by atoms with E-state index in [2.05, 4.69) is 10.3 Å². The van der Waals surface area contributed by atoms with Crippen LogP contribution in [0.25, 0.3) is 10.2 Å². The highest BCUT2D eigenvalue weighted by atomic mass is 32.2. The molecule has 0 spiro atoms. The third kappa shape index (κ3) is 3.89. The summed E-state index contributed by atoms with van der Waals surface area (Å²) in [6.07, 6.45) is 0. The number of carbonyl (C=O) groups excluding carboxylic acids is 2. The zero-order valence-corrected chi connectivity index (χ0v) is 16.2. The normalized spacial score (nSPS) is 12.0. The van der Waals surface area contributed by atoms with E-state index < -0.39 is 5.25 Å². The van der Waals surface area contributed by atoms with Gasteiger partial charge in [-0.15, -0.1) is 11.8 Å². The van der Waals surface area contributed by atoms with Crippen molar-refractivity contribution in [3.63, 3.8) is 0 Å². The zero-order chi connectivity index (χ0) is 18.7. The summed E-state index contributed by atoms with van der Waals surface area (Å²) in [6, 6.07) is 13.1. The average Bonchev–Trinajstić information content (AvgIpc) is 3.05. The van der Waals surface area contributed by atoms with E-state index in [0.717, 1.165) is 20.7 Å². The average molecular weight is 386 g/mol. The van der Waals surface area contributed by atoms with E-state index in [1.807, 2.05) is 37.3 Å². The Labute approximate surface area is 159 Å². The molecule has 0 saturated heterocycles. The number of thiazole rings is 1. The molecular formula is C19H18N2O3S2. The van der Waals surface area contributed by atoms with E-state index in [0.29, 0.717) is 10.7 Å². The number of esters is 1. The lowest BCUT2D eigenvalue weighted by Gasteiger charge is -2.12. The summed E-state index contributed by atoms with van der Waals surface area (Å²) in [5.41, 5.74) is 2.47. The smallest absolute Gasteiger partial charge is 0.318 e. The molecule has 5 nitrogen and oxygen atoms in total. The summed E-state index contributed by atoms with van der Waals surface area (Å²) < 4.78 is 5.79. The van der Waals surface area contributed by atoms with Crippen LogP contribution >= 0.6 is 23.1 Å². The number of ether oxygens (including phenoxy) is 1. The number of anilines is 1. The van der Waals surface area contributed by atoms with E-state index in [1.165, 1.54) is 30.2 Å². The lowest BCUT2D eigenvalue weighted by atomic mass is 10.2. The number of thioether (sulfide) groups is 1. The van der Waals surface area contributed by atoms with Crippen molar-refractivity contribution in [2.75, 3.05) is 12.4 Å². The number of aromatic nitrogens is 1. The highest BCUT2D eigenvalue weighted by Gasteiger charge is 2.19. The van der Waals surface area contributed by atoms with Gasteiger partial charge in [0.15, 0.2) is 5.13 Å². The molecular weight excluding hydrogens is 368 g/mol. The van der Waals surface area contributed by atoms with Crippen molar-refractivity contribution in [2.24, 2.45) is 0 Å². The predicted molar refractivity (Wildman–Crippen MR) is 106 cm³/mol. The fourth-order valence-corrected chi connectivity index (χ4v) is 4.42. The van der Waals surface area contributed by atoms with Gasteiger partial charge in [-0.1, -0.05) is 35.6 Å². The predicted octanol–water partition coefficient (Wildman–Crippen LogP) is 4.51. The molecule has 3 rings (SSSR count). The molecule has 0 aliphatic carbocycles. The lowest BCUT2D eigenvalue weighted by molar-refractivity contribution is -0.139. The molecule has 1 amide bonds. The molecule has 0 radical (unpaired) electrons. The molecule has 7 heteroatoms. The van der Waals surface area contributed by atoms with E-state index in [4.69, 9.17) is 4.74 Å². The highest BCUT2D eigenvalue weighted by molar-refractivity contribution is 8.00. The highest BCUT2D eigenvalue weighted by Crippen LogP contribution is 2.30. The van der Waals surface area contributed by atoms with Gasteiger partial charge in [-0.2, -0.15) is 0 Å². The molecule has 1 heterocycles. The van der Waals surface area contributed by atoms with E-state index in [9.17, 15) is 9.59 Å². The van der Waals surface area contributed by atoms with Crippen LogP contribution in [0.4, 0.5) is 5.13 Å². The van der Waals surface area contributed by atoms with Crippen LogP contribution in [0.2, 0.25) is 0 Å². The van der Waals surface area contributed by atoms with Gasteiger partial charge in [-0.05, 0) is 37.6 Å². The Morgan fingerprint density at radius 1 is 1.19 bits per heavy atom. The van der Waals surface area contributed by atoms with Crippen molar-refractivity contribution < 1.29 is 14.3 Å². The first-order valence-corrected chi connectivity index (χ1v) is 9.70. The molecule has 1 aromatic heterocycles. The van der Waals surface area contributed by atoms with Gasteiger partial charge < -0.3 is 4.74 Å². The van der Waals surface area contributed by atoms with Gasteiger partial charge in [0.25, 0.3) is 5.91 Å². The van der Waals surface area contributed by atoms with Crippen molar-refractivity contribution in [3.05, 3.63) is 53.6 Å². The van der Waals surface area contributed by atoms with Crippen LogP contribution in [-0.2, 0) is 9.53 Å². The Balaban J connectivity index is 1.83. The number of amides is 1. The number of aryl methyl sites for hydroxylation is 1. The Kier molecular flexibility index (Phi) is 5.58. The summed E-state index contributed by atoms with van der Waals surface area (Å²) in [5.74, 6) is -0.575. The zero-order valence-electron chi connectivity index (χ0n) is 14.6. The Morgan fingerprint density at radius 3 is 2.69 bits per heavy atom. The molecule has 134 valence electrons. The number of para-hydroxylation sites is 1. The lowest BCUT2D eigenvalue weighted by Crippen LogP contribution is -2.17. The Morgan fingerprint density at radius 2 is 1.96 bits per heavy atom. The molecule has 0 aliphatic rings. The van der Waals surface area contributed by atoms with Crippen LogP contribution in [0.3, 0.4) is 0 Å². The van der Waals surface area contributed by atoms with Gasteiger partial charge in [-0.3, -0.25) is 14.9 Å². The van der Waals surface area contributed by atoms with E-state index in [1.54, 1.807) is 19.1 Å². The second-order valence-electron chi connectivity index (χ2n) is 5.67. The molecule has 1 N–H and O–H groups in total. The Hall–Kier alpha value is -2.38. The maximum Gasteiger partial charge on any atom is 0.318 e. The number of hydrogen-bond acceptors (Lipinski definition) is 6. The first kappa shape index (κ1) is 18.4. The van der Waals surface area contributed by atoms with Crippen molar-refractivity contribution in [3.8, 4) is 0 Å². The standard InChI is InChI=1S/C19H18N2O3S2/c1-11-7-6-10-15-16(11)20-19(26-15)21-17(22)13-8-4-5-9-14(13)25-12(2)18(23)24-3/h4-10,12H,1-3H3,(H,20,21,22). The third-order valence-electron chi connectivity index (χ3n) is 3.81. The van der Waals surface area contributed by atoms with Gasteiger partial charge in [0.1, 0.15) is 5.25 Å². The monoisotopic (exact) mass is 386 g/mol. The van der Waals surface area contributed by atoms with Gasteiger partial charge in [-0.25, -0.2) is 4.98 Å². The second kappa shape index (κ2) is 7.88. The van der Waals surface area contributed by atoms with Crippen LogP contribution in [-0.4, -0.2) is 29.2 Å². The second-order valence-corrected chi connectivity index (χ2v) is 8.09. The fourth-order valence-electron chi connectivity index (χ4n) is 2.47. The summed E-state index contributed by atoms with van der Waals surface area (Å²) in [6.45, 7) is 3.75. The van der Waals surface area contributed by atoms with Crippen molar-refractivity contribution in [2.45, 2.75) is 24.0 Å². The van der Waals surface area contributed by atoms with Gasteiger partial charge in [0, 0.05) is 4.90 Å². The van der Waals surface area contributed by atoms with Crippen molar-refractivity contribution >= 4 is 50.3 Å².